The average Bonchev–Trinajstić information content (AvgIpc) is 2.95. The standard InChI is InChI=1S/C11H16N4O4/c16-8-11(13-9(17)12-8)1-2-15(7-11)10(18)14-3-5-19-6-4-14/h1-7H2,(H2,12,13,16,17). The van der Waals surface area contributed by atoms with Crippen LogP contribution in [0.5, 0.6) is 0 Å². The third-order valence-corrected chi connectivity index (χ3v) is 3.84. The van der Waals surface area contributed by atoms with Gasteiger partial charge in [-0.2, -0.15) is 0 Å². The Balaban J connectivity index is 1.67. The van der Waals surface area contributed by atoms with Crippen LogP contribution in [-0.4, -0.2) is 72.7 Å². The third kappa shape index (κ3) is 2.01. The van der Waals surface area contributed by atoms with Gasteiger partial charge in [0, 0.05) is 19.6 Å². The first-order valence-corrected chi connectivity index (χ1v) is 6.36. The third-order valence-electron chi connectivity index (χ3n) is 3.84. The Labute approximate surface area is 110 Å². The lowest BCUT2D eigenvalue weighted by Gasteiger charge is -2.31. The minimum Gasteiger partial charge on any atom is -0.378 e. The fourth-order valence-electron chi connectivity index (χ4n) is 2.74. The fraction of sp³-hybridized carbons (Fsp3) is 0.727. The number of hydrogen-bond acceptors (Lipinski definition) is 4. The van der Waals surface area contributed by atoms with Gasteiger partial charge in [0.2, 0.25) is 0 Å². The summed E-state index contributed by atoms with van der Waals surface area (Å²) in [5, 5.41) is 4.86. The van der Waals surface area contributed by atoms with Crippen LogP contribution in [-0.2, 0) is 9.53 Å². The Morgan fingerprint density at radius 1 is 1.16 bits per heavy atom. The minimum absolute atomic E-state index is 0.0888. The van der Waals surface area contributed by atoms with E-state index in [2.05, 4.69) is 10.6 Å². The first-order valence-electron chi connectivity index (χ1n) is 6.36. The number of likely N-dealkylation sites (tertiary alicyclic amines) is 1. The molecule has 0 saturated carbocycles. The van der Waals surface area contributed by atoms with E-state index in [1.807, 2.05) is 0 Å². The number of ether oxygens (including phenoxy) is 1. The molecule has 3 fully saturated rings. The summed E-state index contributed by atoms with van der Waals surface area (Å²) in [6, 6.07) is -0.570. The Kier molecular flexibility index (Phi) is 2.81. The summed E-state index contributed by atoms with van der Waals surface area (Å²) in [7, 11) is 0. The molecule has 3 aliphatic rings. The van der Waals surface area contributed by atoms with Gasteiger partial charge in [0.1, 0.15) is 5.54 Å². The van der Waals surface area contributed by atoms with E-state index in [1.54, 1.807) is 9.80 Å². The summed E-state index contributed by atoms with van der Waals surface area (Å²) in [5.74, 6) is -0.338. The van der Waals surface area contributed by atoms with Gasteiger partial charge in [0.15, 0.2) is 0 Å². The Morgan fingerprint density at radius 3 is 2.53 bits per heavy atom. The largest absolute Gasteiger partial charge is 0.378 e. The van der Waals surface area contributed by atoms with Gasteiger partial charge < -0.3 is 19.9 Å². The van der Waals surface area contributed by atoms with Crippen LogP contribution in [0.1, 0.15) is 6.42 Å². The predicted octanol–water partition coefficient (Wildman–Crippen LogP) is -1.28. The molecule has 8 nitrogen and oxygen atoms in total. The summed E-state index contributed by atoms with van der Waals surface area (Å²) in [6.45, 7) is 2.94. The summed E-state index contributed by atoms with van der Waals surface area (Å²) in [5.41, 5.74) is -0.932. The van der Waals surface area contributed by atoms with Crippen LogP contribution in [0.25, 0.3) is 0 Å². The SMILES string of the molecule is O=C1NC(=O)C2(CCN(C(=O)N3CCOCC3)C2)N1. The molecule has 0 aromatic carbocycles. The van der Waals surface area contributed by atoms with Crippen molar-refractivity contribution < 1.29 is 19.1 Å². The second-order valence-corrected chi connectivity index (χ2v) is 5.04. The van der Waals surface area contributed by atoms with Gasteiger partial charge in [-0.15, -0.1) is 0 Å². The highest BCUT2D eigenvalue weighted by Gasteiger charge is 2.52. The van der Waals surface area contributed by atoms with Gasteiger partial charge in [-0.25, -0.2) is 9.59 Å². The van der Waals surface area contributed by atoms with E-state index in [-0.39, 0.29) is 18.5 Å². The molecular weight excluding hydrogens is 252 g/mol. The summed E-state index contributed by atoms with van der Waals surface area (Å²) >= 11 is 0. The highest BCUT2D eigenvalue weighted by molar-refractivity contribution is 6.07. The van der Waals surface area contributed by atoms with Crippen molar-refractivity contribution in [2.24, 2.45) is 0 Å². The maximum Gasteiger partial charge on any atom is 0.322 e. The van der Waals surface area contributed by atoms with E-state index in [9.17, 15) is 14.4 Å². The van der Waals surface area contributed by atoms with Crippen LogP contribution >= 0.6 is 0 Å². The summed E-state index contributed by atoms with van der Waals surface area (Å²) in [4.78, 5) is 38.6. The number of rotatable bonds is 0. The van der Waals surface area contributed by atoms with Gasteiger partial charge in [-0.05, 0) is 6.42 Å². The highest BCUT2D eigenvalue weighted by atomic mass is 16.5. The molecule has 3 saturated heterocycles. The molecule has 1 spiro atoms. The number of urea groups is 2. The molecule has 3 heterocycles. The van der Waals surface area contributed by atoms with Crippen LogP contribution in [0.3, 0.4) is 0 Å². The van der Waals surface area contributed by atoms with E-state index >= 15 is 0 Å². The lowest BCUT2D eigenvalue weighted by Crippen LogP contribution is -2.52. The number of imide groups is 1. The lowest BCUT2D eigenvalue weighted by atomic mass is 10.00. The molecule has 8 heteroatoms. The molecule has 0 aromatic rings. The van der Waals surface area contributed by atoms with Gasteiger partial charge in [0.05, 0.1) is 19.8 Å². The topological polar surface area (TPSA) is 91.0 Å². The van der Waals surface area contributed by atoms with E-state index in [1.165, 1.54) is 0 Å². The van der Waals surface area contributed by atoms with Gasteiger partial charge >= 0.3 is 12.1 Å². The van der Waals surface area contributed by atoms with Crippen molar-refractivity contribution in [3.05, 3.63) is 0 Å². The molecule has 0 aromatic heterocycles. The molecule has 0 bridgehead atoms. The van der Waals surface area contributed by atoms with Crippen LogP contribution in [0.4, 0.5) is 9.59 Å². The van der Waals surface area contributed by atoms with Gasteiger partial charge in [0.25, 0.3) is 5.91 Å². The summed E-state index contributed by atoms with van der Waals surface area (Å²) in [6.07, 6.45) is 0.459. The number of amides is 5. The molecule has 1 atom stereocenters. The predicted molar refractivity (Wildman–Crippen MR) is 63.4 cm³/mol. The van der Waals surface area contributed by atoms with Crippen LogP contribution in [0, 0.1) is 0 Å². The molecular formula is C11H16N4O4. The van der Waals surface area contributed by atoms with Crippen molar-refractivity contribution in [1.82, 2.24) is 20.4 Å². The quantitative estimate of drug-likeness (QED) is 0.535. The van der Waals surface area contributed by atoms with Crippen LogP contribution in [0.15, 0.2) is 0 Å². The Morgan fingerprint density at radius 2 is 1.89 bits per heavy atom. The first-order chi connectivity index (χ1) is 9.11. The normalized spacial score (nSPS) is 30.7. The van der Waals surface area contributed by atoms with Crippen molar-refractivity contribution in [2.45, 2.75) is 12.0 Å². The zero-order chi connectivity index (χ0) is 13.5. The fourth-order valence-corrected chi connectivity index (χ4v) is 2.74. The van der Waals surface area contributed by atoms with Crippen molar-refractivity contribution in [3.63, 3.8) is 0 Å². The highest BCUT2D eigenvalue weighted by Crippen LogP contribution is 2.25. The molecule has 5 amide bonds. The molecule has 19 heavy (non-hydrogen) atoms. The zero-order valence-corrected chi connectivity index (χ0v) is 10.5. The maximum atomic E-state index is 12.3. The summed E-state index contributed by atoms with van der Waals surface area (Å²) < 4.78 is 5.20. The number of nitrogens with zero attached hydrogens (tertiary/aromatic N) is 2. The van der Waals surface area contributed by atoms with E-state index in [0.717, 1.165) is 0 Å². The number of carbonyl (C=O) groups excluding carboxylic acids is 3. The number of morpholine rings is 1. The van der Waals surface area contributed by atoms with Crippen LogP contribution < -0.4 is 10.6 Å². The molecule has 0 radical (unpaired) electrons. The Bertz CT molecular complexity index is 434. The van der Waals surface area contributed by atoms with Gasteiger partial charge in [-0.3, -0.25) is 10.1 Å². The van der Waals surface area contributed by atoms with E-state index in [0.29, 0.717) is 39.3 Å². The molecule has 2 N–H and O–H groups in total. The minimum atomic E-state index is -0.932. The number of hydrogen-bond donors (Lipinski definition) is 2. The molecule has 3 rings (SSSR count). The average molecular weight is 268 g/mol. The van der Waals surface area contributed by atoms with E-state index < -0.39 is 11.6 Å². The first kappa shape index (κ1) is 12.2. The maximum absolute atomic E-state index is 12.3. The number of carbonyl (C=O) groups is 3. The van der Waals surface area contributed by atoms with Crippen molar-refractivity contribution in [3.8, 4) is 0 Å². The van der Waals surface area contributed by atoms with Crippen molar-refractivity contribution >= 4 is 18.0 Å². The van der Waals surface area contributed by atoms with Gasteiger partial charge in [-0.1, -0.05) is 0 Å². The second-order valence-electron chi connectivity index (χ2n) is 5.04. The number of nitrogens with one attached hydrogen (secondary N) is 2. The zero-order valence-electron chi connectivity index (χ0n) is 10.5. The van der Waals surface area contributed by atoms with E-state index in [4.69, 9.17) is 4.74 Å². The molecule has 0 aliphatic carbocycles. The van der Waals surface area contributed by atoms with Crippen molar-refractivity contribution in [2.75, 3.05) is 39.4 Å². The molecule has 104 valence electrons. The van der Waals surface area contributed by atoms with Crippen LogP contribution in [0.2, 0.25) is 0 Å². The lowest BCUT2D eigenvalue weighted by molar-refractivity contribution is -0.123. The smallest absolute Gasteiger partial charge is 0.322 e. The molecule has 1 unspecified atom stereocenters. The second kappa shape index (κ2) is 4.37. The Hall–Kier alpha value is -1.83. The molecule has 3 aliphatic heterocycles. The van der Waals surface area contributed by atoms with Crippen molar-refractivity contribution in [1.29, 1.82) is 0 Å². The monoisotopic (exact) mass is 268 g/mol.